The predicted octanol–water partition coefficient (Wildman–Crippen LogP) is 2.49. The molecule has 0 fully saturated rings. The molecule has 0 aliphatic carbocycles. The highest BCUT2D eigenvalue weighted by Crippen LogP contribution is 2.13. The lowest BCUT2D eigenvalue weighted by Gasteiger charge is -2.15. The molecule has 0 spiro atoms. The molecule has 0 aliphatic rings. The van der Waals surface area contributed by atoms with Gasteiger partial charge in [0, 0.05) is 25.0 Å². The van der Waals surface area contributed by atoms with Crippen molar-refractivity contribution in [2.45, 2.75) is 19.6 Å². The van der Waals surface area contributed by atoms with Crippen molar-refractivity contribution in [1.82, 2.24) is 15.6 Å². The van der Waals surface area contributed by atoms with Gasteiger partial charge in [0.05, 0.1) is 6.54 Å². The van der Waals surface area contributed by atoms with Gasteiger partial charge in [-0.25, -0.2) is 9.18 Å². The topological polar surface area (TPSA) is 63.2 Å². The second-order valence-corrected chi connectivity index (χ2v) is 4.81. The Morgan fingerprint density at radius 3 is 2.91 bits per heavy atom. The molecule has 2 aromatic rings. The first-order valence-corrected chi connectivity index (χ1v) is 6.96. The average Bonchev–Trinajstić information content (AvgIpc) is 2.52. The van der Waals surface area contributed by atoms with Crippen LogP contribution in [0.25, 0.3) is 0 Å². The summed E-state index contributed by atoms with van der Waals surface area (Å²) in [5.41, 5.74) is 0.918. The number of benzene rings is 1. The third-order valence-electron chi connectivity index (χ3n) is 2.86. The molecule has 0 unspecified atom stereocenters. The van der Waals surface area contributed by atoms with E-state index in [1.165, 1.54) is 12.1 Å². The van der Waals surface area contributed by atoms with E-state index in [1.807, 2.05) is 12.1 Å². The fourth-order valence-electron chi connectivity index (χ4n) is 1.80. The van der Waals surface area contributed by atoms with Crippen molar-refractivity contribution in [2.24, 2.45) is 0 Å². The quantitative estimate of drug-likeness (QED) is 0.862. The Morgan fingerprint density at radius 1 is 1.32 bits per heavy atom. The number of hydrogen-bond acceptors (Lipinski definition) is 3. The van der Waals surface area contributed by atoms with Gasteiger partial charge in [-0.3, -0.25) is 4.98 Å². The van der Waals surface area contributed by atoms with E-state index in [1.54, 1.807) is 31.5 Å². The van der Waals surface area contributed by atoms with Crippen LogP contribution >= 0.6 is 0 Å². The van der Waals surface area contributed by atoms with Crippen molar-refractivity contribution in [1.29, 1.82) is 0 Å². The van der Waals surface area contributed by atoms with Gasteiger partial charge >= 0.3 is 6.03 Å². The van der Waals surface area contributed by atoms with E-state index in [4.69, 9.17) is 4.74 Å². The lowest BCUT2D eigenvalue weighted by molar-refractivity contribution is 0.207. The van der Waals surface area contributed by atoms with Crippen LogP contribution in [0, 0.1) is 5.82 Å². The van der Waals surface area contributed by atoms with Crippen LogP contribution in [0.4, 0.5) is 9.18 Å². The van der Waals surface area contributed by atoms with Crippen LogP contribution in [0.15, 0.2) is 48.8 Å². The van der Waals surface area contributed by atoms with E-state index in [9.17, 15) is 9.18 Å². The number of nitrogens with zero attached hydrogens (tertiary/aromatic N) is 1. The maximum atomic E-state index is 13.0. The number of rotatable bonds is 6. The van der Waals surface area contributed by atoms with Crippen LogP contribution in [0.3, 0.4) is 0 Å². The van der Waals surface area contributed by atoms with Gasteiger partial charge in [-0.05, 0) is 30.7 Å². The Balaban J connectivity index is 1.69. The number of carbonyl (C=O) groups excluding carboxylic acids is 1. The van der Waals surface area contributed by atoms with Gasteiger partial charge in [0.2, 0.25) is 0 Å². The van der Waals surface area contributed by atoms with Crippen LogP contribution in [-0.2, 0) is 6.54 Å². The van der Waals surface area contributed by atoms with Crippen LogP contribution in [0.1, 0.15) is 12.5 Å². The van der Waals surface area contributed by atoms with E-state index >= 15 is 0 Å². The van der Waals surface area contributed by atoms with E-state index in [0.29, 0.717) is 18.8 Å². The zero-order valence-electron chi connectivity index (χ0n) is 12.3. The van der Waals surface area contributed by atoms with Gasteiger partial charge in [0.25, 0.3) is 0 Å². The third-order valence-corrected chi connectivity index (χ3v) is 2.86. The summed E-state index contributed by atoms with van der Waals surface area (Å²) in [6.45, 7) is 2.51. The molecule has 0 radical (unpaired) electrons. The zero-order chi connectivity index (χ0) is 15.8. The SMILES string of the molecule is C[C@H](CNC(=O)NCc1cccnc1)Oc1cccc(F)c1. The van der Waals surface area contributed by atoms with Gasteiger partial charge in [0.1, 0.15) is 17.7 Å². The number of halogens is 1. The molecule has 2 amide bonds. The number of carbonyl (C=O) groups is 1. The van der Waals surface area contributed by atoms with Crippen molar-refractivity contribution in [3.8, 4) is 5.75 Å². The molecule has 22 heavy (non-hydrogen) atoms. The molecule has 1 aromatic carbocycles. The summed E-state index contributed by atoms with van der Waals surface area (Å²) in [5, 5.41) is 5.42. The van der Waals surface area contributed by atoms with Crippen molar-refractivity contribution in [3.05, 3.63) is 60.2 Å². The molecule has 5 nitrogen and oxygen atoms in total. The molecule has 1 atom stereocenters. The second-order valence-electron chi connectivity index (χ2n) is 4.81. The van der Waals surface area contributed by atoms with E-state index in [2.05, 4.69) is 15.6 Å². The minimum Gasteiger partial charge on any atom is -0.489 e. The molecule has 2 N–H and O–H groups in total. The van der Waals surface area contributed by atoms with Crippen LogP contribution < -0.4 is 15.4 Å². The number of aromatic nitrogens is 1. The molecule has 0 bridgehead atoms. The smallest absolute Gasteiger partial charge is 0.315 e. The summed E-state index contributed by atoms with van der Waals surface area (Å²) in [7, 11) is 0. The van der Waals surface area contributed by atoms with Gasteiger partial charge in [0.15, 0.2) is 0 Å². The number of pyridine rings is 1. The van der Waals surface area contributed by atoms with Gasteiger partial charge in [-0.15, -0.1) is 0 Å². The first kappa shape index (κ1) is 15.8. The standard InChI is InChI=1S/C16H18FN3O2/c1-12(22-15-6-2-5-14(17)8-15)9-19-16(21)20-11-13-4-3-7-18-10-13/h2-8,10,12H,9,11H2,1H3,(H2,19,20,21)/t12-/m1/s1. The molecular weight excluding hydrogens is 285 g/mol. The van der Waals surface area contributed by atoms with E-state index in [-0.39, 0.29) is 18.0 Å². The fourth-order valence-corrected chi connectivity index (χ4v) is 1.80. The second kappa shape index (κ2) is 7.97. The number of urea groups is 1. The summed E-state index contributed by atoms with van der Waals surface area (Å²) in [6, 6.07) is 9.29. The lowest BCUT2D eigenvalue weighted by Crippen LogP contribution is -2.40. The highest BCUT2D eigenvalue weighted by atomic mass is 19.1. The van der Waals surface area contributed by atoms with Crippen molar-refractivity contribution >= 4 is 6.03 Å². The van der Waals surface area contributed by atoms with Crippen molar-refractivity contribution in [2.75, 3.05) is 6.54 Å². The van der Waals surface area contributed by atoms with Crippen LogP contribution in [0.5, 0.6) is 5.75 Å². The van der Waals surface area contributed by atoms with Crippen LogP contribution in [-0.4, -0.2) is 23.7 Å². The molecule has 116 valence electrons. The van der Waals surface area contributed by atoms with Crippen LogP contribution in [0.2, 0.25) is 0 Å². The van der Waals surface area contributed by atoms with Gasteiger partial charge < -0.3 is 15.4 Å². The minimum atomic E-state index is -0.355. The Morgan fingerprint density at radius 2 is 2.18 bits per heavy atom. The molecule has 0 saturated carbocycles. The number of hydrogen-bond donors (Lipinski definition) is 2. The highest BCUT2D eigenvalue weighted by molar-refractivity contribution is 5.73. The maximum Gasteiger partial charge on any atom is 0.315 e. The molecule has 0 saturated heterocycles. The fraction of sp³-hybridized carbons (Fsp3) is 0.250. The molecule has 1 aromatic heterocycles. The molecule has 6 heteroatoms. The third kappa shape index (κ3) is 5.40. The first-order valence-electron chi connectivity index (χ1n) is 6.96. The molecule has 1 heterocycles. The van der Waals surface area contributed by atoms with E-state index < -0.39 is 0 Å². The summed E-state index contributed by atoms with van der Waals surface area (Å²) >= 11 is 0. The van der Waals surface area contributed by atoms with Gasteiger partial charge in [-0.2, -0.15) is 0 Å². The number of amides is 2. The lowest BCUT2D eigenvalue weighted by atomic mass is 10.3. The van der Waals surface area contributed by atoms with Crippen molar-refractivity contribution < 1.29 is 13.9 Å². The summed E-state index contributed by atoms with van der Waals surface area (Å²) in [6.07, 6.45) is 3.09. The molecule has 0 aliphatic heterocycles. The molecular formula is C16H18FN3O2. The zero-order valence-corrected chi connectivity index (χ0v) is 12.3. The largest absolute Gasteiger partial charge is 0.489 e. The summed E-state index contributed by atoms with van der Waals surface area (Å²) in [4.78, 5) is 15.6. The number of ether oxygens (including phenoxy) is 1. The summed E-state index contributed by atoms with van der Waals surface area (Å²) in [5.74, 6) is 0.0805. The Bertz CT molecular complexity index is 607. The predicted molar refractivity (Wildman–Crippen MR) is 81.0 cm³/mol. The first-order chi connectivity index (χ1) is 10.6. The normalized spacial score (nSPS) is 11.5. The maximum absolute atomic E-state index is 13.0. The highest BCUT2D eigenvalue weighted by Gasteiger charge is 2.07. The minimum absolute atomic E-state index is 0.272. The molecule has 2 rings (SSSR count). The Hall–Kier alpha value is -2.63. The summed E-state index contributed by atoms with van der Waals surface area (Å²) < 4.78 is 18.5. The van der Waals surface area contributed by atoms with E-state index in [0.717, 1.165) is 5.56 Å². The van der Waals surface area contributed by atoms with Gasteiger partial charge in [-0.1, -0.05) is 12.1 Å². The van der Waals surface area contributed by atoms with Crippen molar-refractivity contribution in [3.63, 3.8) is 0 Å². The Labute approximate surface area is 128 Å². The Kier molecular flexibility index (Phi) is 5.71. The number of nitrogens with one attached hydrogen (secondary N) is 2. The monoisotopic (exact) mass is 303 g/mol. The average molecular weight is 303 g/mol.